The highest BCUT2D eigenvalue weighted by Crippen LogP contribution is 2.27. The first kappa shape index (κ1) is 16.5. The second kappa shape index (κ2) is 6.64. The number of rotatable bonds is 4. The molecular formula is C18H15FN2O4. The summed E-state index contributed by atoms with van der Waals surface area (Å²) in [5, 5.41) is 12.3. The summed E-state index contributed by atoms with van der Waals surface area (Å²) >= 11 is 0. The van der Waals surface area contributed by atoms with Crippen molar-refractivity contribution in [3.8, 4) is 11.5 Å². The highest BCUT2D eigenvalue weighted by Gasteiger charge is 2.33. The van der Waals surface area contributed by atoms with Crippen LogP contribution in [0.5, 0.6) is 11.5 Å². The zero-order valence-corrected chi connectivity index (χ0v) is 13.3. The molecule has 25 heavy (non-hydrogen) atoms. The van der Waals surface area contributed by atoms with Crippen LogP contribution < -0.4 is 10.1 Å². The lowest BCUT2D eigenvalue weighted by atomic mass is 10.1. The zero-order valence-electron chi connectivity index (χ0n) is 13.3. The molecule has 0 radical (unpaired) electrons. The van der Waals surface area contributed by atoms with Gasteiger partial charge in [-0.3, -0.25) is 9.69 Å². The van der Waals surface area contributed by atoms with E-state index >= 15 is 0 Å². The molecule has 0 atom stereocenters. The molecule has 3 rings (SSSR count). The molecule has 1 aliphatic heterocycles. The Morgan fingerprint density at radius 2 is 1.92 bits per heavy atom. The maximum atomic E-state index is 12.9. The fourth-order valence-electron chi connectivity index (χ4n) is 2.45. The van der Waals surface area contributed by atoms with E-state index in [0.717, 1.165) is 4.90 Å². The molecule has 1 fully saturated rings. The Labute approximate surface area is 143 Å². The second-order valence-electron chi connectivity index (χ2n) is 5.44. The van der Waals surface area contributed by atoms with Gasteiger partial charge in [0.1, 0.15) is 11.5 Å². The highest BCUT2D eigenvalue weighted by molar-refractivity contribution is 6.13. The maximum Gasteiger partial charge on any atom is 0.329 e. The van der Waals surface area contributed by atoms with Crippen LogP contribution >= 0.6 is 0 Å². The van der Waals surface area contributed by atoms with Crippen molar-refractivity contribution in [2.45, 2.75) is 6.54 Å². The Morgan fingerprint density at radius 3 is 2.56 bits per heavy atom. The topological polar surface area (TPSA) is 78.9 Å². The van der Waals surface area contributed by atoms with E-state index in [4.69, 9.17) is 4.74 Å². The number of hydrogen-bond donors (Lipinski definition) is 2. The number of nitrogens with one attached hydrogen (secondary N) is 1. The van der Waals surface area contributed by atoms with E-state index in [1.165, 1.54) is 43.5 Å². The van der Waals surface area contributed by atoms with Crippen molar-refractivity contribution >= 4 is 18.0 Å². The van der Waals surface area contributed by atoms with Gasteiger partial charge in [0.25, 0.3) is 5.91 Å². The zero-order chi connectivity index (χ0) is 18.0. The number of phenols is 1. The average Bonchev–Trinajstić information content (AvgIpc) is 2.84. The minimum Gasteiger partial charge on any atom is -0.504 e. The fraction of sp³-hybridized carbons (Fsp3) is 0.111. The smallest absolute Gasteiger partial charge is 0.329 e. The number of benzene rings is 2. The molecular weight excluding hydrogens is 327 g/mol. The second-order valence-corrected chi connectivity index (χ2v) is 5.44. The van der Waals surface area contributed by atoms with Crippen molar-refractivity contribution < 1.29 is 23.8 Å². The normalized spacial score (nSPS) is 15.6. The summed E-state index contributed by atoms with van der Waals surface area (Å²) < 4.78 is 17.9. The van der Waals surface area contributed by atoms with E-state index in [1.54, 1.807) is 12.1 Å². The van der Waals surface area contributed by atoms with Gasteiger partial charge < -0.3 is 15.2 Å². The molecule has 2 aromatic rings. The van der Waals surface area contributed by atoms with Crippen molar-refractivity contribution in [3.05, 3.63) is 65.1 Å². The van der Waals surface area contributed by atoms with Gasteiger partial charge >= 0.3 is 6.03 Å². The lowest BCUT2D eigenvalue weighted by molar-refractivity contribution is -0.123. The number of urea groups is 1. The average molecular weight is 342 g/mol. The predicted octanol–water partition coefficient (Wildman–Crippen LogP) is 2.63. The molecule has 0 unspecified atom stereocenters. The summed E-state index contributed by atoms with van der Waals surface area (Å²) in [7, 11) is 1.43. The number of imide groups is 1. The lowest BCUT2D eigenvalue weighted by Crippen LogP contribution is -2.30. The van der Waals surface area contributed by atoms with Gasteiger partial charge in [0.05, 0.1) is 13.7 Å². The fourth-order valence-corrected chi connectivity index (χ4v) is 2.45. The van der Waals surface area contributed by atoms with E-state index in [9.17, 15) is 19.1 Å². The van der Waals surface area contributed by atoms with Crippen LogP contribution in [-0.4, -0.2) is 29.1 Å². The Morgan fingerprint density at radius 1 is 1.20 bits per heavy atom. The van der Waals surface area contributed by atoms with E-state index in [0.29, 0.717) is 16.9 Å². The first-order valence-electron chi connectivity index (χ1n) is 7.44. The van der Waals surface area contributed by atoms with Crippen molar-refractivity contribution in [1.82, 2.24) is 10.2 Å². The number of carbonyl (C=O) groups is 2. The molecule has 1 aliphatic rings. The Hall–Kier alpha value is -3.35. The number of amides is 3. The summed E-state index contributed by atoms with van der Waals surface area (Å²) in [6.07, 6.45) is 1.46. The molecule has 0 spiro atoms. The van der Waals surface area contributed by atoms with Crippen LogP contribution in [0.15, 0.2) is 48.2 Å². The number of methoxy groups -OCH3 is 1. The summed E-state index contributed by atoms with van der Waals surface area (Å²) in [4.78, 5) is 25.5. The van der Waals surface area contributed by atoms with Crippen LogP contribution in [0.4, 0.5) is 9.18 Å². The number of phenolic OH excluding ortho intramolecular Hbond substituents is 1. The molecule has 0 aromatic heterocycles. The molecule has 0 saturated carbocycles. The monoisotopic (exact) mass is 342 g/mol. The molecule has 128 valence electrons. The van der Waals surface area contributed by atoms with Crippen LogP contribution in [0.25, 0.3) is 6.08 Å². The third-order valence-corrected chi connectivity index (χ3v) is 3.73. The predicted molar refractivity (Wildman–Crippen MR) is 88.1 cm³/mol. The van der Waals surface area contributed by atoms with Crippen LogP contribution in [0.3, 0.4) is 0 Å². The molecule has 2 N–H and O–H groups in total. The van der Waals surface area contributed by atoms with Gasteiger partial charge in [-0.1, -0.05) is 18.2 Å². The van der Waals surface area contributed by atoms with Crippen LogP contribution in [0, 0.1) is 5.82 Å². The van der Waals surface area contributed by atoms with Crippen LogP contribution in [0.2, 0.25) is 0 Å². The quantitative estimate of drug-likeness (QED) is 0.661. The third kappa shape index (κ3) is 3.45. The Bertz CT molecular complexity index is 862. The van der Waals surface area contributed by atoms with Gasteiger partial charge in [-0.15, -0.1) is 0 Å². The van der Waals surface area contributed by atoms with Crippen molar-refractivity contribution in [2.24, 2.45) is 0 Å². The Kier molecular flexibility index (Phi) is 4.38. The summed E-state index contributed by atoms with van der Waals surface area (Å²) in [6.45, 7) is 0.0378. The summed E-state index contributed by atoms with van der Waals surface area (Å²) in [6, 6.07) is 9.63. The van der Waals surface area contributed by atoms with E-state index < -0.39 is 11.9 Å². The van der Waals surface area contributed by atoms with Gasteiger partial charge in [-0.2, -0.15) is 0 Å². The SMILES string of the molecule is COc1ccc(/C=C2\NC(=O)N(Cc3ccc(F)cc3)C2=O)cc1O. The number of hydrogen-bond acceptors (Lipinski definition) is 4. The van der Waals surface area contributed by atoms with E-state index in [-0.39, 0.29) is 23.8 Å². The van der Waals surface area contributed by atoms with Crippen molar-refractivity contribution in [3.63, 3.8) is 0 Å². The molecule has 1 saturated heterocycles. The van der Waals surface area contributed by atoms with Gasteiger partial charge in [0.2, 0.25) is 0 Å². The third-order valence-electron chi connectivity index (χ3n) is 3.73. The molecule has 0 aliphatic carbocycles. The first-order chi connectivity index (χ1) is 12.0. The van der Waals surface area contributed by atoms with Gasteiger partial charge in [-0.05, 0) is 41.5 Å². The number of nitrogens with zero attached hydrogens (tertiary/aromatic N) is 1. The van der Waals surface area contributed by atoms with E-state index in [2.05, 4.69) is 5.32 Å². The minimum atomic E-state index is -0.557. The minimum absolute atomic E-state index is 0.0378. The standard InChI is InChI=1S/C18H15FN2O4/c1-25-16-7-4-12(9-15(16)22)8-14-17(23)21(18(24)20-14)10-11-2-5-13(19)6-3-11/h2-9,22H,10H2,1H3,(H,20,24)/b14-8-. The summed E-state index contributed by atoms with van der Waals surface area (Å²) in [5.74, 6) is -0.649. The summed E-state index contributed by atoms with van der Waals surface area (Å²) in [5.41, 5.74) is 1.26. The molecule has 6 nitrogen and oxygen atoms in total. The number of halogens is 1. The van der Waals surface area contributed by atoms with Gasteiger partial charge in [0.15, 0.2) is 11.5 Å². The van der Waals surface area contributed by atoms with Crippen molar-refractivity contribution in [2.75, 3.05) is 7.11 Å². The molecule has 3 amide bonds. The first-order valence-corrected chi connectivity index (χ1v) is 7.44. The van der Waals surface area contributed by atoms with E-state index in [1.807, 2.05) is 0 Å². The lowest BCUT2D eigenvalue weighted by Gasteiger charge is -2.11. The van der Waals surface area contributed by atoms with Crippen LogP contribution in [0.1, 0.15) is 11.1 Å². The largest absolute Gasteiger partial charge is 0.504 e. The molecule has 2 aromatic carbocycles. The number of aromatic hydroxyl groups is 1. The molecule has 0 bridgehead atoms. The van der Waals surface area contributed by atoms with Gasteiger partial charge in [-0.25, -0.2) is 9.18 Å². The molecule has 1 heterocycles. The maximum absolute atomic E-state index is 12.9. The van der Waals surface area contributed by atoms with Gasteiger partial charge in [0, 0.05) is 0 Å². The Balaban J connectivity index is 1.80. The number of carbonyl (C=O) groups excluding carboxylic acids is 2. The molecule has 7 heteroatoms. The van der Waals surface area contributed by atoms with Crippen LogP contribution in [-0.2, 0) is 11.3 Å². The number of ether oxygens (including phenoxy) is 1. The highest BCUT2D eigenvalue weighted by atomic mass is 19.1. The van der Waals surface area contributed by atoms with Crippen molar-refractivity contribution in [1.29, 1.82) is 0 Å².